The number of H-pyrrole nitrogens is 1. The highest BCUT2D eigenvalue weighted by Gasteiger charge is 2.40. The normalized spacial score (nSPS) is 14.9. The number of fused-ring (bicyclic) bond motifs is 1. The number of carbonyl (C=O) groups is 1. The van der Waals surface area contributed by atoms with Crippen molar-refractivity contribution in [2.45, 2.75) is 6.18 Å². The molecular formula is C21H20F3N4O+. The number of rotatable bonds is 2. The monoisotopic (exact) mass is 401 g/mol. The Morgan fingerprint density at radius 2 is 1.66 bits per heavy atom. The van der Waals surface area contributed by atoms with Gasteiger partial charge in [-0.25, -0.2) is 9.78 Å². The van der Waals surface area contributed by atoms with Gasteiger partial charge in [0, 0.05) is 5.69 Å². The topological polar surface area (TPSA) is 49.7 Å². The van der Waals surface area contributed by atoms with E-state index in [1.807, 2.05) is 42.5 Å². The summed E-state index contributed by atoms with van der Waals surface area (Å²) in [5, 5.41) is 4.98. The number of anilines is 2. The zero-order valence-corrected chi connectivity index (χ0v) is 15.5. The molecule has 1 saturated heterocycles. The molecule has 3 aromatic rings. The number of piperazine rings is 1. The molecule has 0 atom stereocenters. The predicted molar refractivity (Wildman–Crippen MR) is 105 cm³/mol. The highest BCUT2D eigenvalue weighted by molar-refractivity contribution is 5.93. The number of pyridine rings is 1. The van der Waals surface area contributed by atoms with E-state index in [9.17, 15) is 18.0 Å². The van der Waals surface area contributed by atoms with Crippen LogP contribution in [0, 0.1) is 0 Å². The third-order valence-corrected chi connectivity index (χ3v) is 5.02. The van der Waals surface area contributed by atoms with E-state index in [0.29, 0.717) is 31.9 Å². The molecule has 5 nitrogen and oxygen atoms in total. The Morgan fingerprint density at radius 1 is 0.931 bits per heavy atom. The summed E-state index contributed by atoms with van der Waals surface area (Å²) in [4.78, 5) is 18.5. The lowest BCUT2D eigenvalue weighted by Gasteiger charge is -2.31. The molecular weight excluding hydrogens is 381 g/mol. The average Bonchev–Trinajstić information content (AvgIpc) is 2.73. The molecule has 1 aliphatic heterocycles. The van der Waals surface area contributed by atoms with E-state index in [2.05, 4.69) is 10.3 Å². The Hall–Kier alpha value is -3.29. The molecule has 2 heterocycles. The van der Waals surface area contributed by atoms with Gasteiger partial charge in [-0.1, -0.05) is 30.3 Å². The predicted octanol–water partition coefficient (Wildman–Crippen LogP) is 4.03. The van der Waals surface area contributed by atoms with Crippen molar-refractivity contribution in [3.8, 4) is 0 Å². The van der Waals surface area contributed by atoms with Gasteiger partial charge >= 0.3 is 12.2 Å². The summed E-state index contributed by atoms with van der Waals surface area (Å²) in [6, 6.07) is 15.7. The zero-order chi connectivity index (χ0) is 20.4. The van der Waals surface area contributed by atoms with Gasteiger partial charge in [-0.15, -0.1) is 0 Å². The van der Waals surface area contributed by atoms with Crippen molar-refractivity contribution in [3.05, 3.63) is 66.4 Å². The fraction of sp³-hybridized carbons (Fsp3) is 0.238. The van der Waals surface area contributed by atoms with Crippen molar-refractivity contribution in [2.24, 2.45) is 0 Å². The summed E-state index contributed by atoms with van der Waals surface area (Å²) in [6.45, 7) is 1.29. The van der Waals surface area contributed by atoms with Gasteiger partial charge < -0.3 is 10.2 Å². The summed E-state index contributed by atoms with van der Waals surface area (Å²) >= 11 is 0. The van der Waals surface area contributed by atoms with Crippen LogP contribution in [0.4, 0.5) is 29.5 Å². The minimum absolute atomic E-state index is 0.0367. The fourth-order valence-electron chi connectivity index (χ4n) is 3.52. The summed E-state index contributed by atoms with van der Waals surface area (Å²) in [5.74, 6) is 0.0367. The minimum atomic E-state index is -4.43. The number of nitrogens with one attached hydrogen (secondary N) is 2. The smallest absolute Gasteiger partial charge is 0.317 e. The van der Waals surface area contributed by atoms with Gasteiger partial charge in [0.05, 0.1) is 19.3 Å². The number of hydrogen-bond acceptors (Lipinski definition) is 2. The number of amides is 2. The third kappa shape index (κ3) is 4.11. The first kappa shape index (κ1) is 19.0. The van der Waals surface area contributed by atoms with Crippen LogP contribution < -0.4 is 15.2 Å². The number of benzene rings is 2. The number of halogens is 3. The van der Waals surface area contributed by atoms with Gasteiger partial charge in [0.25, 0.3) is 5.82 Å². The number of carbonyl (C=O) groups excluding carboxylic acids is 1. The van der Waals surface area contributed by atoms with Crippen molar-refractivity contribution in [2.75, 3.05) is 36.4 Å². The van der Waals surface area contributed by atoms with Crippen LogP contribution in [-0.2, 0) is 6.18 Å². The molecule has 2 aromatic carbocycles. The molecule has 8 heteroatoms. The van der Waals surface area contributed by atoms with Crippen LogP contribution in [0.5, 0.6) is 0 Å². The number of aromatic nitrogens is 1. The van der Waals surface area contributed by atoms with E-state index in [1.165, 1.54) is 12.3 Å². The second kappa shape index (κ2) is 7.62. The molecule has 0 spiro atoms. The first-order valence-electron chi connectivity index (χ1n) is 9.29. The van der Waals surface area contributed by atoms with Crippen LogP contribution in [-0.4, -0.2) is 37.1 Å². The molecule has 29 heavy (non-hydrogen) atoms. The van der Waals surface area contributed by atoms with Gasteiger partial charge in [-0.3, -0.25) is 4.90 Å². The molecule has 2 N–H and O–H groups in total. The first-order chi connectivity index (χ1) is 13.9. The summed E-state index contributed by atoms with van der Waals surface area (Å²) < 4.78 is 39.7. The minimum Gasteiger partial charge on any atom is -0.317 e. The van der Waals surface area contributed by atoms with Crippen molar-refractivity contribution >= 4 is 28.3 Å². The maximum absolute atomic E-state index is 13.2. The number of aromatic amines is 1. The maximum atomic E-state index is 13.2. The van der Waals surface area contributed by atoms with Crippen molar-refractivity contribution in [1.82, 2.24) is 4.90 Å². The second-order valence-electron chi connectivity index (χ2n) is 6.90. The average molecular weight is 401 g/mol. The molecule has 0 saturated carbocycles. The SMILES string of the molecule is O=C(Nc1ccc2ccccc2c1)N1CCN(c2[nH+]cccc2C(F)(F)F)CC1. The molecule has 1 fully saturated rings. The highest BCUT2D eigenvalue weighted by atomic mass is 19.4. The van der Waals surface area contributed by atoms with Gasteiger partial charge in [0.1, 0.15) is 18.7 Å². The Kier molecular flexibility index (Phi) is 5.00. The van der Waals surface area contributed by atoms with Crippen LogP contribution in [0.25, 0.3) is 10.8 Å². The molecule has 1 aromatic heterocycles. The first-order valence-corrected chi connectivity index (χ1v) is 9.29. The molecule has 0 bridgehead atoms. The van der Waals surface area contributed by atoms with E-state index < -0.39 is 11.7 Å². The quantitative estimate of drug-likeness (QED) is 0.705. The van der Waals surface area contributed by atoms with Gasteiger partial charge in [-0.05, 0) is 35.0 Å². The molecule has 0 radical (unpaired) electrons. The summed E-state index contributed by atoms with van der Waals surface area (Å²) in [6.07, 6.45) is -2.96. The lowest BCUT2D eigenvalue weighted by atomic mass is 10.1. The van der Waals surface area contributed by atoms with Gasteiger partial charge in [0.2, 0.25) is 0 Å². The van der Waals surface area contributed by atoms with Crippen LogP contribution in [0.15, 0.2) is 60.8 Å². The summed E-state index contributed by atoms with van der Waals surface area (Å²) in [7, 11) is 0. The van der Waals surface area contributed by atoms with E-state index in [4.69, 9.17) is 0 Å². The number of urea groups is 1. The molecule has 150 valence electrons. The fourth-order valence-corrected chi connectivity index (χ4v) is 3.52. The van der Waals surface area contributed by atoms with Gasteiger partial charge in [0.15, 0.2) is 0 Å². The highest BCUT2D eigenvalue weighted by Crippen LogP contribution is 2.34. The standard InChI is InChI=1S/C21H19F3N4O/c22-21(23,24)18-6-3-9-25-19(18)27-10-12-28(13-11-27)20(29)26-17-8-7-15-4-1-2-5-16(15)14-17/h1-9,14H,10-13H2,(H,26,29)/p+1. The third-order valence-electron chi connectivity index (χ3n) is 5.02. The molecule has 1 aliphatic rings. The molecule has 0 aliphatic carbocycles. The molecule has 0 unspecified atom stereocenters. The van der Waals surface area contributed by atoms with Crippen molar-refractivity contribution in [3.63, 3.8) is 0 Å². The Morgan fingerprint density at radius 3 is 2.38 bits per heavy atom. The Labute approximate surface area is 165 Å². The van der Waals surface area contributed by atoms with Crippen LogP contribution in [0.1, 0.15) is 5.56 Å². The Bertz CT molecular complexity index is 1030. The largest absolute Gasteiger partial charge is 0.424 e. The lowest BCUT2D eigenvalue weighted by Crippen LogP contribution is -2.51. The van der Waals surface area contributed by atoms with E-state index >= 15 is 0 Å². The number of alkyl halides is 3. The van der Waals surface area contributed by atoms with E-state index in [-0.39, 0.29) is 11.8 Å². The van der Waals surface area contributed by atoms with E-state index in [1.54, 1.807) is 9.80 Å². The van der Waals surface area contributed by atoms with Crippen LogP contribution >= 0.6 is 0 Å². The second-order valence-corrected chi connectivity index (χ2v) is 6.90. The van der Waals surface area contributed by atoms with Crippen LogP contribution in [0.2, 0.25) is 0 Å². The van der Waals surface area contributed by atoms with Crippen molar-refractivity contribution < 1.29 is 22.9 Å². The van der Waals surface area contributed by atoms with Gasteiger partial charge in [-0.2, -0.15) is 13.2 Å². The number of nitrogens with zero attached hydrogens (tertiary/aromatic N) is 2. The Balaban J connectivity index is 1.41. The maximum Gasteiger partial charge on any atom is 0.424 e. The lowest BCUT2D eigenvalue weighted by molar-refractivity contribution is -0.367. The summed E-state index contributed by atoms with van der Waals surface area (Å²) in [5.41, 5.74) is -0.0130. The zero-order valence-electron chi connectivity index (χ0n) is 15.5. The van der Waals surface area contributed by atoms with Crippen molar-refractivity contribution in [1.29, 1.82) is 0 Å². The van der Waals surface area contributed by atoms with E-state index in [0.717, 1.165) is 16.8 Å². The molecule has 2 amide bonds. The number of hydrogen-bond donors (Lipinski definition) is 1. The van der Waals surface area contributed by atoms with Crippen LogP contribution in [0.3, 0.4) is 0 Å². The molecule has 4 rings (SSSR count).